The number of rotatable bonds is 6. The minimum Gasteiger partial charge on any atom is -0.339 e. The molecule has 1 amide bonds. The number of carbonyl (C=O) groups excluding carboxylic acids is 1. The zero-order chi connectivity index (χ0) is 12.6. The van der Waals surface area contributed by atoms with Gasteiger partial charge in [-0.05, 0) is 25.8 Å². The maximum atomic E-state index is 11.8. The maximum Gasteiger partial charge on any atom is 0.246 e. The monoisotopic (exact) mass is 224 g/mol. The van der Waals surface area contributed by atoms with Gasteiger partial charge in [-0.3, -0.25) is 4.79 Å². The molecule has 0 aliphatic heterocycles. The van der Waals surface area contributed by atoms with Crippen molar-refractivity contribution in [3.05, 3.63) is 24.3 Å². The third-order valence-corrected chi connectivity index (χ3v) is 2.41. The molecule has 0 aliphatic carbocycles. The summed E-state index contributed by atoms with van der Waals surface area (Å²) in [6, 6.07) is 0. The van der Waals surface area contributed by atoms with Gasteiger partial charge in [0.2, 0.25) is 5.91 Å². The highest BCUT2D eigenvalue weighted by atomic mass is 16.2. The zero-order valence-electron chi connectivity index (χ0n) is 10.9. The van der Waals surface area contributed by atoms with Crippen LogP contribution in [0.1, 0.15) is 27.7 Å². The van der Waals surface area contributed by atoms with E-state index in [1.807, 2.05) is 30.9 Å². The molecule has 0 fully saturated rings. The molecule has 0 bridgehead atoms. The fraction of sp³-hybridized carbons (Fsp3) is 0.615. The van der Waals surface area contributed by atoms with E-state index < -0.39 is 0 Å². The molecule has 2 N–H and O–H groups in total. The average molecular weight is 224 g/mol. The van der Waals surface area contributed by atoms with E-state index in [0.29, 0.717) is 19.6 Å². The Bertz CT molecular complexity index is 267. The van der Waals surface area contributed by atoms with Crippen molar-refractivity contribution in [2.45, 2.75) is 27.7 Å². The quantitative estimate of drug-likeness (QED) is 0.553. The predicted octanol–water partition coefficient (Wildman–Crippen LogP) is 1.95. The van der Waals surface area contributed by atoms with Crippen LogP contribution in [0.15, 0.2) is 24.3 Å². The molecule has 0 heterocycles. The van der Waals surface area contributed by atoms with E-state index in [-0.39, 0.29) is 11.3 Å². The molecule has 0 rings (SSSR count). The van der Waals surface area contributed by atoms with E-state index >= 15 is 0 Å². The molecule has 0 saturated heterocycles. The van der Waals surface area contributed by atoms with Crippen LogP contribution >= 0.6 is 0 Å². The summed E-state index contributed by atoms with van der Waals surface area (Å²) >= 11 is 0. The summed E-state index contributed by atoms with van der Waals surface area (Å²) in [4.78, 5) is 13.6. The van der Waals surface area contributed by atoms with Gasteiger partial charge in [0, 0.05) is 19.2 Å². The first-order valence-electron chi connectivity index (χ1n) is 5.75. The van der Waals surface area contributed by atoms with Crippen LogP contribution in [-0.2, 0) is 4.79 Å². The van der Waals surface area contributed by atoms with E-state index in [1.165, 1.54) is 0 Å². The first kappa shape index (κ1) is 14.9. The van der Waals surface area contributed by atoms with Crippen LogP contribution in [-0.4, -0.2) is 30.4 Å². The summed E-state index contributed by atoms with van der Waals surface area (Å²) in [6.07, 6.45) is 7.10. The van der Waals surface area contributed by atoms with Crippen LogP contribution in [0.25, 0.3) is 0 Å². The lowest BCUT2D eigenvalue weighted by Crippen LogP contribution is -2.41. The third-order valence-electron chi connectivity index (χ3n) is 2.41. The summed E-state index contributed by atoms with van der Waals surface area (Å²) in [5, 5.41) is 0. The molecule has 0 unspecified atom stereocenters. The Labute approximate surface area is 99.0 Å². The van der Waals surface area contributed by atoms with Crippen LogP contribution in [0.4, 0.5) is 0 Å². The van der Waals surface area contributed by atoms with Crippen molar-refractivity contribution in [1.82, 2.24) is 4.90 Å². The molecule has 3 nitrogen and oxygen atoms in total. The standard InChI is InChI=1S/C13H24N2O/c1-5-7-8-9-12(16)15(6-2)11-13(3,4)10-14/h5,7-9H,6,10-11,14H2,1-4H3. The Morgan fingerprint density at radius 1 is 1.38 bits per heavy atom. The van der Waals surface area contributed by atoms with Crippen molar-refractivity contribution in [3.8, 4) is 0 Å². The van der Waals surface area contributed by atoms with Crippen LogP contribution in [0.3, 0.4) is 0 Å². The van der Waals surface area contributed by atoms with Crippen molar-refractivity contribution in [2.75, 3.05) is 19.6 Å². The second-order valence-corrected chi connectivity index (χ2v) is 4.61. The number of hydrogen-bond acceptors (Lipinski definition) is 2. The van der Waals surface area contributed by atoms with E-state index in [1.54, 1.807) is 12.2 Å². The number of carbonyl (C=O) groups is 1. The Balaban J connectivity index is 4.44. The first-order chi connectivity index (χ1) is 7.46. The fourth-order valence-electron chi connectivity index (χ4n) is 1.28. The second-order valence-electron chi connectivity index (χ2n) is 4.61. The lowest BCUT2D eigenvalue weighted by Gasteiger charge is -2.30. The van der Waals surface area contributed by atoms with Gasteiger partial charge in [0.25, 0.3) is 0 Å². The molecule has 0 aromatic carbocycles. The number of likely N-dealkylation sites (N-methyl/N-ethyl adjacent to an activating group) is 1. The van der Waals surface area contributed by atoms with Crippen molar-refractivity contribution >= 4 is 5.91 Å². The normalized spacial score (nSPS) is 12.6. The molecule has 0 aliphatic rings. The molecule has 0 radical (unpaired) electrons. The molecule has 0 aromatic heterocycles. The van der Waals surface area contributed by atoms with Gasteiger partial charge in [-0.15, -0.1) is 0 Å². The van der Waals surface area contributed by atoms with Crippen LogP contribution in [0, 0.1) is 5.41 Å². The molecular formula is C13H24N2O. The highest BCUT2D eigenvalue weighted by molar-refractivity contribution is 5.87. The maximum absolute atomic E-state index is 11.8. The van der Waals surface area contributed by atoms with Gasteiger partial charge in [-0.25, -0.2) is 0 Å². The molecular weight excluding hydrogens is 200 g/mol. The van der Waals surface area contributed by atoms with E-state index in [9.17, 15) is 4.79 Å². The molecule has 0 spiro atoms. The Morgan fingerprint density at radius 2 is 2.00 bits per heavy atom. The fourth-order valence-corrected chi connectivity index (χ4v) is 1.28. The Morgan fingerprint density at radius 3 is 2.44 bits per heavy atom. The molecule has 3 heteroatoms. The first-order valence-corrected chi connectivity index (χ1v) is 5.75. The SMILES string of the molecule is CC=CC=CC(=O)N(CC)CC(C)(C)CN. The molecule has 0 saturated carbocycles. The second kappa shape index (κ2) is 7.23. The lowest BCUT2D eigenvalue weighted by molar-refractivity contribution is -0.127. The number of hydrogen-bond donors (Lipinski definition) is 1. The summed E-state index contributed by atoms with van der Waals surface area (Å²) in [7, 11) is 0. The third kappa shape index (κ3) is 5.71. The predicted molar refractivity (Wildman–Crippen MR) is 69.0 cm³/mol. The van der Waals surface area contributed by atoms with E-state index in [2.05, 4.69) is 13.8 Å². The van der Waals surface area contributed by atoms with Gasteiger partial charge in [0.05, 0.1) is 0 Å². The van der Waals surface area contributed by atoms with Gasteiger partial charge in [0.1, 0.15) is 0 Å². The van der Waals surface area contributed by atoms with Gasteiger partial charge in [-0.1, -0.05) is 32.1 Å². The summed E-state index contributed by atoms with van der Waals surface area (Å²) in [5.41, 5.74) is 5.64. The van der Waals surface area contributed by atoms with Gasteiger partial charge in [-0.2, -0.15) is 0 Å². The minimum atomic E-state index is -0.0277. The topological polar surface area (TPSA) is 46.3 Å². The highest BCUT2D eigenvalue weighted by Gasteiger charge is 2.21. The van der Waals surface area contributed by atoms with Crippen molar-refractivity contribution in [2.24, 2.45) is 11.1 Å². The molecule has 0 atom stereocenters. The molecule has 92 valence electrons. The van der Waals surface area contributed by atoms with Crippen LogP contribution in [0.5, 0.6) is 0 Å². The summed E-state index contributed by atoms with van der Waals surface area (Å²) in [6.45, 7) is 10.0. The Hall–Kier alpha value is -1.09. The molecule has 0 aromatic rings. The molecule has 16 heavy (non-hydrogen) atoms. The minimum absolute atomic E-state index is 0.0277. The van der Waals surface area contributed by atoms with Gasteiger partial charge >= 0.3 is 0 Å². The van der Waals surface area contributed by atoms with Gasteiger partial charge in [0.15, 0.2) is 0 Å². The zero-order valence-corrected chi connectivity index (χ0v) is 10.9. The van der Waals surface area contributed by atoms with Crippen molar-refractivity contribution < 1.29 is 4.79 Å². The van der Waals surface area contributed by atoms with Crippen LogP contribution in [0.2, 0.25) is 0 Å². The smallest absolute Gasteiger partial charge is 0.246 e. The van der Waals surface area contributed by atoms with Crippen LogP contribution < -0.4 is 5.73 Å². The van der Waals surface area contributed by atoms with Gasteiger partial charge < -0.3 is 10.6 Å². The summed E-state index contributed by atoms with van der Waals surface area (Å²) < 4.78 is 0. The average Bonchev–Trinajstić information content (AvgIpc) is 2.26. The highest BCUT2D eigenvalue weighted by Crippen LogP contribution is 2.14. The number of amides is 1. The van der Waals surface area contributed by atoms with E-state index in [0.717, 1.165) is 0 Å². The largest absolute Gasteiger partial charge is 0.339 e. The number of nitrogens with two attached hydrogens (primary N) is 1. The van der Waals surface area contributed by atoms with Crippen molar-refractivity contribution in [3.63, 3.8) is 0 Å². The number of nitrogens with zero attached hydrogens (tertiary/aromatic N) is 1. The lowest BCUT2D eigenvalue weighted by atomic mass is 9.93. The summed E-state index contributed by atoms with van der Waals surface area (Å²) in [5.74, 6) is 0.0436. The Kier molecular flexibility index (Phi) is 6.74. The number of allylic oxidation sites excluding steroid dienone is 3. The van der Waals surface area contributed by atoms with E-state index in [4.69, 9.17) is 5.73 Å². The van der Waals surface area contributed by atoms with Crippen molar-refractivity contribution in [1.29, 1.82) is 0 Å².